The molecule has 0 unspecified atom stereocenters. The van der Waals surface area contributed by atoms with E-state index < -0.39 is 46.7 Å². The summed E-state index contributed by atoms with van der Waals surface area (Å²) < 4.78 is 38.1. The van der Waals surface area contributed by atoms with Crippen LogP contribution in [0.25, 0.3) is 10.9 Å². The lowest BCUT2D eigenvalue weighted by molar-refractivity contribution is -0.136. The summed E-state index contributed by atoms with van der Waals surface area (Å²) >= 11 is 0. The number of hydrogen-bond donors (Lipinski definition) is 3. The van der Waals surface area contributed by atoms with Crippen molar-refractivity contribution in [2.75, 3.05) is 73.6 Å². The number of rotatable bonds is 9. The van der Waals surface area contributed by atoms with Crippen LogP contribution in [0.5, 0.6) is 0 Å². The van der Waals surface area contributed by atoms with Gasteiger partial charge in [0.2, 0.25) is 17.2 Å². The number of hydrogen-bond acceptors (Lipinski definition) is 9. The minimum atomic E-state index is -1.36. The van der Waals surface area contributed by atoms with Crippen molar-refractivity contribution in [1.82, 2.24) is 14.8 Å². The van der Waals surface area contributed by atoms with Crippen molar-refractivity contribution in [3.63, 3.8) is 0 Å². The number of pyridine rings is 1. The van der Waals surface area contributed by atoms with Crippen molar-refractivity contribution in [2.24, 2.45) is 17.6 Å². The van der Waals surface area contributed by atoms with Crippen LogP contribution in [-0.2, 0) is 14.3 Å². The van der Waals surface area contributed by atoms with Crippen LogP contribution in [-0.4, -0.2) is 103 Å². The van der Waals surface area contributed by atoms with Gasteiger partial charge in [-0.25, -0.2) is 18.4 Å². The molecule has 4 N–H and O–H groups in total. The first-order valence-corrected chi connectivity index (χ1v) is 17.1. The molecule has 0 spiro atoms. The van der Waals surface area contributed by atoms with Crippen LogP contribution in [0.1, 0.15) is 36.2 Å². The van der Waals surface area contributed by atoms with Crippen LogP contribution >= 0.6 is 0 Å². The summed E-state index contributed by atoms with van der Waals surface area (Å²) in [6, 6.07) is 7.20. The second-order valence-corrected chi connectivity index (χ2v) is 13.6. The second kappa shape index (κ2) is 13.5. The van der Waals surface area contributed by atoms with Crippen LogP contribution in [0.3, 0.4) is 0 Å². The van der Waals surface area contributed by atoms with Gasteiger partial charge in [-0.2, -0.15) is 0 Å². The van der Waals surface area contributed by atoms with E-state index in [1.807, 2.05) is 4.90 Å². The van der Waals surface area contributed by atoms with Crippen LogP contribution in [0, 0.1) is 23.5 Å². The number of cyclic esters (lactones) is 1. The number of fused-ring (bicyclic) bond motifs is 1. The fraction of sp³-hybridized carbons (Fsp3) is 0.457. The quantitative estimate of drug-likeness (QED) is 0.300. The van der Waals surface area contributed by atoms with Gasteiger partial charge in [-0.05, 0) is 49.7 Å². The molecule has 270 valence electrons. The first-order chi connectivity index (χ1) is 24.4. The molecule has 3 aliphatic heterocycles. The number of nitrogens with one attached hydrogen (secondary N) is 1. The molecule has 3 atom stereocenters. The van der Waals surface area contributed by atoms with Gasteiger partial charge in [-0.15, -0.1) is 0 Å². The Morgan fingerprint density at radius 1 is 0.961 bits per heavy atom. The zero-order valence-electron chi connectivity index (χ0n) is 28.0. The highest BCUT2D eigenvalue weighted by Gasteiger charge is 2.41. The molecule has 3 saturated heterocycles. The topological polar surface area (TPSA) is 171 Å². The molecule has 0 bridgehead atoms. The summed E-state index contributed by atoms with van der Waals surface area (Å²) in [5.41, 5.74) is 6.33. The summed E-state index contributed by atoms with van der Waals surface area (Å²) in [6.07, 6.45) is 1.81. The molecule has 0 radical (unpaired) electrons. The number of nitrogens with two attached hydrogens (primary N) is 1. The van der Waals surface area contributed by atoms with Crippen LogP contribution in [0.2, 0.25) is 0 Å². The molecule has 3 amide bonds. The lowest BCUT2D eigenvalue weighted by atomic mass is 9.94. The molecule has 4 heterocycles. The van der Waals surface area contributed by atoms with Gasteiger partial charge >= 0.3 is 12.1 Å². The Morgan fingerprint density at radius 3 is 2.33 bits per heavy atom. The lowest BCUT2D eigenvalue weighted by Crippen LogP contribution is -2.52. The average molecular weight is 708 g/mol. The van der Waals surface area contributed by atoms with Crippen molar-refractivity contribution in [1.29, 1.82) is 0 Å². The van der Waals surface area contributed by atoms with Crippen molar-refractivity contribution >= 4 is 51.8 Å². The number of carboxylic acids is 1. The van der Waals surface area contributed by atoms with E-state index in [-0.39, 0.29) is 61.0 Å². The highest BCUT2D eigenvalue weighted by atomic mass is 19.1. The summed E-state index contributed by atoms with van der Waals surface area (Å²) in [7, 11) is 0. The SMILES string of the molecule is CC(=O)NC[C@H]1CN(c2ccc(N3CCN(C(=O)[C@@H]4CN(c5cc6c(cc5F)c(=O)c(C(=O)O)cn6C5CC5)C[C@H]4CN)CC3)c(F)c2)C(=O)O1. The van der Waals surface area contributed by atoms with Gasteiger partial charge in [-0.1, -0.05) is 0 Å². The molecule has 1 saturated carbocycles. The zero-order valence-corrected chi connectivity index (χ0v) is 28.0. The highest BCUT2D eigenvalue weighted by Crippen LogP contribution is 2.39. The maximum Gasteiger partial charge on any atom is 0.414 e. The normalized spacial score (nSPS) is 22.1. The lowest BCUT2D eigenvalue weighted by Gasteiger charge is -2.38. The number of ether oxygens (including phenoxy) is 1. The Balaban J connectivity index is 1.02. The minimum Gasteiger partial charge on any atom is -0.477 e. The van der Waals surface area contributed by atoms with Gasteiger partial charge in [0.25, 0.3) is 0 Å². The molecule has 7 rings (SSSR count). The molecular formula is C35H39F2N7O7. The van der Waals surface area contributed by atoms with E-state index >= 15 is 8.78 Å². The summed E-state index contributed by atoms with van der Waals surface area (Å²) in [4.78, 5) is 68.8. The fourth-order valence-electron chi connectivity index (χ4n) is 7.41. The first-order valence-electron chi connectivity index (χ1n) is 17.1. The number of aromatic carboxylic acids is 1. The van der Waals surface area contributed by atoms with Gasteiger partial charge in [0.05, 0.1) is 41.6 Å². The third kappa shape index (κ3) is 6.55. The molecule has 14 nitrogen and oxygen atoms in total. The summed E-state index contributed by atoms with van der Waals surface area (Å²) in [5, 5.41) is 12.2. The Labute approximate surface area is 291 Å². The van der Waals surface area contributed by atoms with E-state index in [1.165, 1.54) is 24.1 Å². The zero-order chi connectivity index (χ0) is 36.1. The Morgan fingerprint density at radius 2 is 1.69 bits per heavy atom. The predicted molar refractivity (Wildman–Crippen MR) is 183 cm³/mol. The maximum atomic E-state index is 15.7. The average Bonchev–Trinajstić information content (AvgIpc) is 3.75. The smallest absolute Gasteiger partial charge is 0.414 e. The minimum absolute atomic E-state index is 0.0000787. The van der Waals surface area contributed by atoms with E-state index in [0.29, 0.717) is 49.6 Å². The molecular weight excluding hydrogens is 668 g/mol. The van der Waals surface area contributed by atoms with Crippen LogP contribution < -0.4 is 31.2 Å². The monoisotopic (exact) mass is 707 g/mol. The van der Waals surface area contributed by atoms with Crippen molar-refractivity contribution in [2.45, 2.75) is 31.9 Å². The Kier molecular flexibility index (Phi) is 9.03. The third-order valence-corrected chi connectivity index (χ3v) is 10.3. The van der Waals surface area contributed by atoms with Gasteiger partial charge < -0.3 is 40.2 Å². The number of anilines is 3. The standard InChI is InChI=1S/C35H39F2N7O7/c1-19(45)39-14-23-16-44(35(50)51-23)22-4-5-29(27(36)10-22)40-6-8-41(9-7-40)33(47)25-17-42(15-20(25)13-38)31-12-30-24(11-28(31)37)32(46)26(34(48)49)18-43(30)21-2-3-21/h4-5,10-12,18,20-21,23,25H,2-3,6-9,13-17,38H2,1H3,(H,39,45)(H,48,49)/t20-,23+,25-/m1/s1. The third-order valence-electron chi connectivity index (χ3n) is 10.3. The molecule has 4 aliphatic rings. The van der Waals surface area contributed by atoms with E-state index in [1.54, 1.807) is 32.6 Å². The Hall–Kier alpha value is -5.25. The molecule has 3 aromatic rings. The largest absolute Gasteiger partial charge is 0.477 e. The second-order valence-electron chi connectivity index (χ2n) is 13.6. The number of nitrogens with zero attached hydrogens (tertiary/aromatic N) is 5. The summed E-state index contributed by atoms with van der Waals surface area (Å²) in [6.45, 7) is 3.84. The van der Waals surface area contributed by atoms with Gasteiger partial charge in [-0.3, -0.25) is 19.3 Å². The number of carbonyl (C=O) groups excluding carboxylic acids is 3. The molecule has 4 fully saturated rings. The van der Waals surface area contributed by atoms with Gasteiger partial charge in [0.1, 0.15) is 23.3 Å². The fourth-order valence-corrected chi connectivity index (χ4v) is 7.41. The van der Waals surface area contributed by atoms with Crippen LogP contribution in [0.4, 0.5) is 30.6 Å². The molecule has 1 aliphatic carbocycles. The number of benzene rings is 2. The van der Waals surface area contributed by atoms with Crippen molar-refractivity contribution in [3.05, 3.63) is 63.9 Å². The van der Waals surface area contributed by atoms with E-state index in [9.17, 15) is 29.1 Å². The van der Waals surface area contributed by atoms with Crippen LogP contribution in [0.15, 0.2) is 41.3 Å². The number of carboxylic acid groups (broad SMARTS) is 1. The summed E-state index contributed by atoms with van der Waals surface area (Å²) in [5.74, 6) is -3.70. The van der Waals surface area contributed by atoms with Crippen molar-refractivity contribution < 1.29 is 37.8 Å². The van der Waals surface area contributed by atoms with E-state index in [4.69, 9.17) is 10.5 Å². The predicted octanol–water partition coefficient (Wildman–Crippen LogP) is 2.13. The first kappa shape index (κ1) is 34.2. The van der Waals surface area contributed by atoms with Crippen molar-refractivity contribution in [3.8, 4) is 0 Å². The molecule has 2 aromatic carbocycles. The van der Waals surface area contributed by atoms with Gasteiger partial charge in [0, 0.05) is 69.7 Å². The van der Waals surface area contributed by atoms with Gasteiger partial charge in [0.15, 0.2) is 0 Å². The number of amides is 3. The molecule has 16 heteroatoms. The Bertz CT molecular complexity index is 1980. The molecule has 51 heavy (non-hydrogen) atoms. The maximum absolute atomic E-state index is 15.7. The number of piperazine rings is 1. The number of aromatic nitrogens is 1. The molecule has 1 aromatic heterocycles. The highest BCUT2D eigenvalue weighted by molar-refractivity contribution is 5.94. The van der Waals surface area contributed by atoms with E-state index in [0.717, 1.165) is 18.9 Å². The number of halogens is 2. The van der Waals surface area contributed by atoms with E-state index in [2.05, 4.69) is 5.32 Å². The number of carbonyl (C=O) groups is 4.